The van der Waals surface area contributed by atoms with Crippen LogP contribution in [-0.2, 0) is 14.8 Å². The number of nitrogens with two attached hydrogens (primary N) is 1. The normalized spacial score (nSPS) is 19.1. The number of carbonyl (C=O) groups excluding carboxylic acids is 1. The Morgan fingerprint density at radius 3 is 2.83 bits per heavy atom. The predicted molar refractivity (Wildman–Crippen MR) is 94.5 cm³/mol. The summed E-state index contributed by atoms with van der Waals surface area (Å²) in [7, 11) is -3.48. The third-order valence-corrected chi connectivity index (χ3v) is 7.08. The number of thiophene rings is 1. The second-order valence-electron chi connectivity index (χ2n) is 5.50. The summed E-state index contributed by atoms with van der Waals surface area (Å²) in [6.45, 7) is 3.69. The highest BCUT2D eigenvalue weighted by atomic mass is 35.5. The van der Waals surface area contributed by atoms with E-state index < -0.39 is 10.0 Å². The van der Waals surface area contributed by atoms with E-state index in [1.807, 2.05) is 6.92 Å². The summed E-state index contributed by atoms with van der Waals surface area (Å²) < 4.78 is 27.0. The fourth-order valence-corrected chi connectivity index (χ4v) is 5.47. The summed E-state index contributed by atoms with van der Waals surface area (Å²) >= 11 is 1.27. The van der Waals surface area contributed by atoms with E-state index >= 15 is 0 Å². The SMILES string of the molecule is Cc1ccc(S(=O)(=O)N2CCCC(C(=O)NCCCN)C2)s1.Cl. The molecule has 0 aliphatic carbocycles. The molecule has 0 saturated carbocycles. The van der Waals surface area contributed by atoms with Gasteiger partial charge in [0.25, 0.3) is 10.0 Å². The van der Waals surface area contributed by atoms with Gasteiger partial charge in [-0.15, -0.1) is 23.7 Å². The molecule has 9 heteroatoms. The molecule has 6 nitrogen and oxygen atoms in total. The molecule has 0 aromatic carbocycles. The van der Waals surface area contributed by atoms with Crippen LogP contribution in [-0.4, -0.2) is 44.8 Å². The highest BCUT2D eigenvalue weighted by Crippen LogP contribution is 2.28. The van der Waals surface area contributed by atoms with Gasteiger partial charge in [-0.1, -0.05) is 0 Å². The molecule has 1 aromatic heterocycles. The van der Waals surface area contributed by atoms with Gasteiger partial charge in [0.1, 0.15) is 4.21 Å². The Kier molecular flexibility index (Phi) is 7.96. The van der Waals surface area contributed by atoms with Crippen molar-refractivity contribution in [3.05, 3.63) is 17.0 Å². The highest BCUT2D eigenvalue weighted by molar-refractivity contribution is 7.91. The monoisotopic (exact) mass is 381 g/mol. The van der Waals surface area contributed by atoms with E-state index in [2.05, 4.69) is 5.32 Å². The summed E-state index contributed by atoms with van der Waals surface area (Å²) in [5.74, 6) is -0.349. The Bertz CT molecular complexity index is 619. The molecule has 2 heterocycles. The van der Waals surface area contributed by atoms with Gasteiger partial charge in [0.05, 0.1) is 5.92 Å². The van der Waals surface area contributed by atoms with Crippen molar-refractivity contribution in [1.29, 1.82) is 0 Å². The van der Waals surface area contributed by atoms with E-state index in [0.29, 0.717) is 30.3 Å². The minimum Gasteiger partial charge on any atom is -0.356 e. The van der Waals surface area contributed by atoms with Crippen molar-refractivity contribution < 1.29 is 13.2 Å². The maximum atomic E-state index is 12.6. The number of nitrogens with zero attached hydrogens (tertiary/aromatic N) is 1. The summed E-state index contributed by atoms with van der Waals surface area (Å²) in [6, 6.07) is 3.44. The Labute approximate surface area is 147 Å². The lowest BCUT2D eigenvalue weighted by Gasteiger charge is -2.30. The smallest absolute Gasteiger partial charge is 0.252 e. The molecule has 1 aromatic rings. The van der Waals surface area contributed by atoms with Crippen molar-refractivity contribution in [3.63, 3.8) is 0 Å². The average Bonchev–Trinajstić information content (AvgIpc) is 2.95. The van der Waals surface area contributed by atoms with Gasteiger partial charge in [-0.05, 0) is 44.9 Å². The van der Waals surface area contributed by atoms with Crippen LogP contribution in [0.15, 0.2) is 16.3 Å². The zero-order valence-corrected chi connectivity index (χ0v) is 15.6. The Morgan fingerprint density at radius 2 is 2.22 bits per heavy atom. The molecule has 1 aliphatic rings. The van der Waals surface area contributed by atoms with Crippen LogP contribution in [0, 0.1) is 12.8 Å². The van der Waals surface area contributed by atoms with Gasteiger partial charge in [-0.2, -0.15) is 4.31 Å². The molecule has 132 valence electrons. The lowest BCUT2D eigenvalue weighted by atomic mass is 9.99. The first-order valence-corrected chi connectivity index (χ1v) is 9.75. The summed E-state index contributed by atoms with van der Waals surface area (Å²) in [4.78, 5) is 13.1. The van der Waals surface area contributed by atoms with Crippen molar-refractivity contribution in [2.24, 2.45) is 11.7 Å². The minimum atomic E-state index is -3.48. The number of hydrogen-bond donors (Lipinski definition) is 2. The van der Waals surface area contributed by atoms with Gasteiger partial charge in [-0.25, -0.2) is 8.42 Å². The number of sulfonamides is 1. The number of aryl methyl sites for hydroxylation is 1. The lowest BCUT2D eigenvalue weighted by Crippen LogP contribution is -2.45. The second-order valence-corrected chi connectivity index (χ2v) is 8.95. The van der Waals surface area contributed by atoms with E-state index in [1.54, 1.807) is 12.1 Å². The van der Waals surface area contributed by atoms with Crippen molar-refractivity contribution in [2.45, 2.75) is 30.4 Å². The quantitative estimate of drug-likeness (QED) is 0.727. The van der Waals surface area contributed by atoms with E-state index in [0.717, 1.165) is 17.7 Å². The first-order chi connectivity index (χ1) is 10.4. The van der Waals surface area contributed by atoms with Gasteiger partial charge in [0.15, 0.2) is 0 Å². The number of nitrogens with one attached hydrogen (secondary N) is 1. The average molecular weight is 382 g/mol. The number of hydrogen-bond acceptors (Lipinski definition) is 5. The molecule has 23 heavy (non-hydrogen) atoms. The topological polar surface area (TPSA) is 92.5 Å². The molecule has 1 aliphatic heterocycles. The summed E-state index contributed by atoms with van der Waals surface area (Å²) in [6.07, 6.45) is 2.16. The molecule has 0 radical (unpaired) electrons. The second kappa shape index (κ2) is 8.98. The van der Waals surface area contributed by atoms with Gasteiger partial charge in [0, 0.05) is 24.5 Å². The molecular formula is C14H24ClN3O3S2. The van der Waals surface area contributed by atoms with Crippen LogP contribution in [0.4, 0.5) is 0 Å². The highest BCUT2D eigenvalue weighted by Gasteiger charge is 2.33. The van der Waals surface area contributed by atoms with Crippen molar-refractivity contribution in [3.8, 4) is 0 Å². The van der Waals surface area contributed by atoms with Crippen molar-refractivity contribution in [1.82, 2.24) is 9.62 Å². The van der Waals surface area contributed by atoms with Gasteiger partial charge < -0.3 is 11.1 Å². The molecule has 1 fully saturated rings. The van der Waals surface area contributed by atoms with Crippen LogP contribution in [0.3, 0.4) is 0 Å². The number of piperidine rings is 1. The van der Waals surface area contributed by atoms with E-state index in [9.17, 15) is 13.2 Å². The maximum Gasteiger partial charge on any atom is 0.252 e. The fraction of sp³-hybridized carbons (Fsp3) is 0.643. The van der Waals surface area contributed by atoms with Gasteiger partial charge in [0.2, 0.25) is 5.91 Å². The molecule has 3 N–H and O–H groups in total. The standard InChI is InChI=1S/C14H23N3O3S2.ClH/c1-11-5-6-13(21-11)22(19,20)17-9-2-4-12(10-17)14(18)16-8-3-7-15;/h5-6,12H,2-4,7-10,15H2,1H3,(H,16,18);1H. The first kappa shape index (κ1) is 20.4. The molecule has 2 rings (SSSR count). The van der Waals surface area contributed by atoms with Crippen molar-refractivity contribution in [2.75, 3.05) is 26.2 Å². The third-order valence-electron chi connectivity index (χ3n) is 3.74. The largest absolute Gasteiger partial charge is 0.356 e. The van der Waals surface area contributed by atoms with Crippen LogP contribution in [0.1, 0.15) is 24.1 Å². The first-order valence-electron chi connectivity index (χ1n) is 7.49. The molecule has 1 unspecified atom stereocenters. The summed E-state index contributed by atoms with van der Waals surface area (Å²) in [5.41, 5.74) is 5.40. The fourth-order valence-electron chi connectivity index (χ4n) is 2.51. The minimum absolute atomic E-state index is 0. The molecule has 1 amide bonds. The van der Waals surface area contributed by atoms with Crippen LogP contribution >= 0.6 is 23.7 Å². The van der Waals surface area contributed by atoms with Gasteiger partial charge >= 0.3 is 0 Å². The number of halogens is 1. The predicted octanol–water partition coefficient (Wildman–Crippen LogP) is 1.34. The lowest BCUT2D eigenvalue weighted by molar-refractivity contribution is -0.126. The molecule has 0 spiro atoms. The summed E-state index contributed by atoms with van der Waals surface area (Å²) in [5, 5.41) is 2.83. The zero-order chi connectivity index (χ0) is 16.2. The molecule has 0 bridgehead atoms. The molecular weight excluding hydrogens is 358 g/mol. The third kappa shape index (κ3) is 5.15. The number of carbonyl (C=O) groups is 1. The van der Waals surface area contributed by atoms with Gasteiger partial charge in [-0.3, -0.25) is 4.79 Å². The maximum absolute atomic E-state index is 12.6. The van der Waals surface area contributed by atoms with E-state index in [1.165, 1.54) is 15.6 Å². The number of amides is 1. The molecule has 1 saturated heterocycles. The van der Waals surface area contributed by atoms with Crippen LogP contribution in [0.2, 0.25) is 0 Å². The van der Waals surface area contributed by atoms with E-state index in [-0.39, 0.29) is 30.8 Å². The Balaban J connectivity index is 0.00000264. The Hall–Kier alpha value is -0.670. The van der Waals surface area contributed by atoms with Crippen LogP contribution in [0.5, 0.6) is 0 Å². The number of rotatable bonds is 6. The van der Waals surface area contributed by atoms with E-state index in [4.69, 9.17) is 5.73 Å². The van der Waals surface area contributed by atoms with Crippen LogP contribution in [0.25, 0.3) is 0 Å². The zero-order valence-electron chi connectivity index (χ0n) is 13.2. The van der Waals surface area contributed by atoms with Crippen molar-refractivity contribution >= 4 is 39.7 Å². The Morgan fingerprint density at radius 1 is 1.48 bits per heavy atom. The molecule has 1 atom stereocenters. The van der Waals surface area contributed by atoms with Crippen LogP contribution < -0.4 is 11.1 Å².